The van der Waals surface area contributed by atoms with Gasteiger partial charge >= 0.3 is 5.97 Å². The number of carbonyl (C=O) groups is 2. The monoisotopic (exact) mass is 331 g/mol. The van der Waals surface area contributed by atoms with Crippen LogP contribution < -0.4 is 5.32 Å². The molecule has 1 aliphatic heterocycles. The summed E-state index contributed by atoms with van der Waals surface area (Å²) in [6, 6.07) is 1.58. The highest BCUT2D eigenvalue weighted by molar-refractivity contribution is 5.85. The van der Waals surface area contributed by atoms with Gasteiger partial charge in [0, 0.05) is 26.1 Å². The van der Waals surface area contributed by atoms with Crippen molar-refractivity contribution in [2.24, 2.45) is 11.8 Å². The maximum absolute atomic E-state index is 11.3. The molecule has 1 heterocycles. The molecule has 0 saturated carbocycles. The number of hydrogen-bond acceptors (Lipinski definition) is 4. The molecule has 0 bridgehead atoms. The highest BCUT2D eigenvalue weighted by Crippen LogP contribution is 2.26. The molecule has 22 heavy (non-hydrogen) atoms. The van der Waals surface area contributed by atoms with Crippen LogP contribution in [0.4, 0.5) is 0 Å². The smallest absolute Gasteiger partial charge is 0.320 e. The molecule has 2 N–H and O–H groups in total. The average Bonchev–Trinajstić information content (AvgIpc) is 2.80. The van der Waals surface area contributed by atoms with Crippen molar-refractivity contribution in [2.45, 2.75) is 52.1 Å². The van der Waals surface area contributed by atoms with Crippen LogP contribution >= 0.6 is 12.4 Å². The maximum Gasteiger partial charge on any atom is 0.320 e. The van der Waals surface area contributed by atoms with Crippen LogP contribution in [-0.2, 0) is 9.59 Å². The van der Waals surface area contributed by atoms with E-state index in [2.05, 4.69) is 18.3 Å². The highest BCUT2D eigenvalue weighted by Gasteiger charge is 2.38. The minimum atomic E-state index is -0.866. The number of nitrogens with zero attached hydrogens (tertiary/aromatic N) is 2. The van der Waals surface area contributed by atoms with Crippen LogP contribution in [-0.4, -0.2) is 47.1 Å². The Hall–Kier alpha value is -1.32. The summed E-state index contributed by atoms with van der Waals surface area (Å²) in [6.07, 6.45) is 2.28. The van der Waals surface area contributed by atoms with Crippen LogP contribution in [0.3, 0.4) is 0 Å². The Labute approximate surface area is 138 Å². The van der Waals surface area contributed by atoms with E-state index in [1.165, 1.54) is 6.92 Å². The van der Waals surface area contributed by atoms with Crippen LogP contribution in [0.25, 0.3) is 0 Å². The van der Waals surface area contributed by atoms with Gasteiger partial charge in [0.2, 0.25) is 5.91 Å². The largest absolute Gasteiger partial charge is 0.480 e. The van der Waals surface area contributed by atoms with Crippen molar-refractivity contribution in [1.82, 2.24) is 10.2 Å². The van der Waals surface area contributed by atoms with Crippen molar-refractivity contribution in [3.05, 3.63) is 0 Å². The van der Waals surface area contributed by atoms with E-state index in [1.807, 2.05) is 11.8 Å². The second-order valence-electron chi connectivity index (χ2n) is 5.91. The van der Waals surface area contributed by atoms with Gasteiger partial charge in [-0.15, -0.1) is 12.4 Å². The van der Waals surface area contributed by atoms with Gasteiger partial charge < -0.3 is 10.4 Å². The zero-order chi connectivity index (χ0) is 16.0. The van der Waals surface area contributed by atoms with Gasteiger partial charge in [-0.05, 0) is 25.7 Å². The molecule has 1 amide bonds. The van der Waals surface area contributed by atoms with Crippen molar-refractivity contribution >= 4 is 24.3 Å². The number of likely N-dealkylation sites (tertiary alicyclic amines) is 1. The van der Waals surface area contributed by atoms with Gasteiger partial charge in [0.1, 0.15) is 6.04 Å². The lowest BCUT2D eigenvalue weighted by Gasteiger charge is -2.30. The number of amides is 1. The Kier molecular flexibility index (Phi) is 9.07. The van der Waals surface area contributed by atoms with Crippen molar-refractivity contribution in [1.29, 1.82) is 5.26 Å². The van der Waals surface area contributed by atoms with Crippen LogP contribution in [0.2, 0.25) is 0 Å². The molecular formula is C15H26ClN3O3. The minimum absolute atomic E-state index is 0. The molecular weight excluding hydrogens is 306 g/mol. The molecule has 2 unspecified atom stereocenters. The van der Waals surface area contributed by atoms with Crippen molar-refractivity contribution < 1.29 is 14.7 Å². The summed E-state index contributed by atoms with van der Waals surface area (Å²) in [5, 5.41) is 21.2. The predicted octanol–water partition coefficient (Wildman–Crippen LogP) is 1.65. The van der Waals surface area contributed by atoms with E-state index in [-0.39, 0.29) is 36.2 Å². The fourth-order valence-electron chi connectivity index (χ4n) is 3.07. The summed E-state index contributed by atoms with van der Waals surface area (Å²) in [7, 11) is 0. The molecule has 1 fully saturated rings. The lowest BCUT2D eigenvalue weighted by molar-refractivity contribution is -0.142. The number of carboxylic acids is 1. The number of aliphatic carboxylic acids is 1. The third kappa shape index (κ3) is 5.82. The lowest BCUT2D eigenvalue weighted by atomic mass is 9.95. The van der Waals surface area contributed by atoms with E-state index in [4.69, 9.17) is 5.26 Å². The maximum atomic E-state index is 11.3. The zero-order valence-electron chi connectivity index (χ0n) is 13.4. The number of nitrogens with one attached hydrogen (secondary N) is 1. The predicted molar refractivity (Wildman–Crippen MR) is 85.6 cm³/mol. The molecule has 1 rings (SSSR count). The van der Waals surface area contributed by atoms with Crippen molar-refractivity contribution in [3.63, 3.8) is 0 Å². The minimum Gasteiger partial charge on any atom is -0.480 e. The van der Waals surface area contributed by atoms with Gasteiger partial charge in [-0.2, -0.15) is 5.26 Å². The Morgan fingerprint density at radius 3 is 2.59 bits per heavy atom. The van der Waals surface area contributed by atoms with E-state index in [0.29, 0.717) is 19.5 Å². The van der Waals surface area contributed by atoms with Gasteiger partial charge in [0.05, 0.1) is 12.0 Å². The normalized spacial score (nSPS) is 23.9. The number of hydrogen-bond donors (Lipinski definition) is 2. The molecule has 0 aromatic heterocycles. The van der Waals surface area contributed by atoms with E-state index >= 15 is 0 Å². The summed E-state index contributed by atoms with van der Waals surface area (Å²) in [5.74, 6) is -0.965. The van der Waals surface area contributed by atoms with Crippen molar-refractivity contribution in [2.75, 3.05) is 13.1 Å². The average molecular weight is 332 g/mol. The summed E-state index contributed by atoms with van der Waals surface area (Å²) in [6.45, 7) is 6.62. The third-order valence-electron chi connectivity index (χ3n) is 4.14. The SMILES string of the molecule is CCCC(CN1C[C@H](C#N)C[C@@H]1C(=O)O)C(C)NC(C)=O.Cl. The van der Waals surface area contributed by atoms with E-state index < -0.39 is 12.0 Å². The molecule has 4 atom stereocenters. The second kappa shape index (κ2) is 9.65. The van der Waals surface area contributed by atoms with Crippen LogP contribution in [0.1, 0.15) is 40.0 Å². The molecule has 7 heteroatoms. The second-order valence-corrected chi connectivity index (χ2v) is 5.91. The molecule has 0 spiro atoms. The molecule has 0 aromatic carbocycles. The van der Waals surface area contributed by atoms with Gasteiger partial charge in [0.25, 0.3) is 0 Å². The fraction of sp³-hybridized carbons (Fsp3) is 0.800. The van der Waals surface area contributed by atoms with Crippen LogP contribution in [0.5, 0.6) is 0 Å². The standard InChI is InChI=1S/C15H25N3O3.ClH/c1-4-5-13(10(2)17-11(3)19)9-18-8-12(7-16)6-14(18)15(20)21;/h10,12-14H,4-6,8-9H2,1-3H3,(H,17,19)(H,20,21);1H/t10?,12-,13?,14+;/m0./s1. The summed E-state index contributed by atoms with van der Waals surface area (Å²) >= 11 is 0. The molecule has 126 valence electrons. The van der Waals surface area contributed by atoms with Gasteiger partial charge in [-0.25, -0.2) is 0 Å². The molecule has 6 nitrogen and oxygen atoms in total. The number of halogens is 1. The number of carboxylic acid groups (broad SMARTS) is 1. The Morgan fingerprint density at radius 2 is 2.14 bits per heavy atom. The Morgan fingerprint density at radius 1 is 1.50 bits per heavy atom. The molecule has 1 saturated heterocycles. The quantitative estimate of drug-likeness (QED) is 0.739. The third-order valence-corrected chi connectivity index (χ3v) is 4.14. The molecule has 0 radical (unpaired) electrons. The van der Waals surface area contributed by atoms with E-state index in [9.17, 15) is 14.7 Å². The first-order valence-corrected chi connectivity index (χ1v) is 7.52. The Balaban J connectivity index is 0.00000441. The van der Waals surface area contributed by atoms with E-state index in [1.54, 1.807) is 0 Å². The van der Waals surface area contributed by atoms with Gasteiger partial charge in [-0.1, -0.05) is 13.3 Å². The van der Waals surface area contributed by atoms with Gasteiger partial charge in [-0.3, -0.25) is 14.5 Å². The zero-order valence-corrected chi connectivity index (χ0v) is 14.2. The van der Waals surface area contributed by atoms with Crippen LogP contribution in [0.15, 0.2) is 0 Å². The number of nitriles is 1. The van der Waals surface area contributed by atoms with Crippen molar-refractivity contribution in [3.8, 4) is 6.07 Å². The number of carbonyl (C=O) groups excluding carboxylic acids is 1. The summed E-state index contributed by atoms with van der Waals surface area (Å²) in [5.41, 5.74) is 0. The Bertz CT molecular complexity index is 425. The van der Waals surface area contributed by atoms with E-state index in [0.717, 1.165) is 12.8 Å². The first-order valence-electron chi connectivity index (χ1n) is 7.52. The highest BCUT2D eigenvalue weighted by atomic mass is 35.5. The molecule has 0 aliphatic carbocycles. The fourth-order valence-corrected chi connectivity index (χ4v) is 3.07. The first kappa shape index (κ1) is 20.7. The van der Waals surface area contributed by atoms with Crippen LogP contribution in [0, 0.1) is 23.2 Å². The summed E-state index contributed by atoms with van der Waals surface area (Å²) < 4.78 is 0. The summed E-state index contributed by atoms with van der Waals surface area (Å²) in [4.78, 5) is 24.4. The topological polar surface area (TPSA) is 93.4 Å². The van der Waals surface area contributed by atoms with Gasteiger partial charge in [0.15, 0.2) is 0 Å². The molecule has 1 aliphatic rings. The molecule has 0 aromatic rings. The number of rotatable bonds is 7. The first-order chi connectivity index (χ1) is 9.88. The lowest BCUT2D eigenvalue weighted by Crippen LogP contribution is -2.45.